The fourth-order valence-electron chi connectivity index (χ4n) is 0.327. The van der Waals surface area contributed by atoms with Gasteiger partial charge in [-0.25, -0.2) is 0 Å². The van der Waals surface area contributed by atoms with E-state index in [-0.39, 0.29) is 5.91 Å². The van der Waals surface area contributed by atoms with Crippen molar-refractivity contribution in [1.29, 1.82) is 0 Å². The lowest BCUT2D eigenvalue weighted by Gasteiger charge is -2.13. The van der Waals surface area contributed by atoms with Gasteiger partial charge < -0.3 is 4.72 Å². The average Bonchev–Trinajstić information content (AvgIpc) is 1.88. The van der Waals surface area contributed by atoms with Gasteiger partial charge in [-0.3, -0.25) is 4.79 Å². The Morgan fingerprint density at radius 2 is 2.60 bits per heavy atom. The quantitative estimate of drug-likeness (QED) is 0.361. The lowest BCUT2D eigenvalue weighted by atomic mass is 10.6. The van der Waals surface area contributed by atoms with Crippen molar-refractivity contribution in [1.82, 2.24) is 4.72 Å². The second-order valence-corrected chi connectivity index (χ2v) is 5.58. The number of nitrogens with one attached hydrogen (secondary N) is 1. The lowest BCUT2D eigenvalue weighted by molar-refractivity contribution is -0.114. The van der Waals surface area contributed by atoms with Crippen molar-refractivity contribution in [2.24, 2.45) is 0 Å². The van der Waals surface area contributed by atoms with E-state index in [1.807, 2.05) is 6.26 Å². The second kappa shape index (κ2) is 6.00. The van der Waals surface area contributed by atoms with Gasteiger partial charge in [-0.05, 0) is 12.3 Å². The molecule has 60 valence electrons. The molecule has 0 rings (SSSR count). The molecule has 1 N–H and O–H groups in total. The van der Waals surface area contributed by atoms with Gasteiger partial charge in [0.25, 0.3) is 5.91 Å². The van der Waals surface area contributed by atoms with Crippen LogP contribution in [-0.2, 0) is 4.79 Å². The lowest BCUT2D eigenvalue weighted by Crippen LogP contribution is -2.15. The van der Waals surface area contributed by atoms with Crippen LogP contribution in [0.2, 0.25) is 0 Å². The molecule has 0 radical (unpaired) electrons. The molecule has 2 nitrogen and oxygen atoms in total. The van der Waals surface area contributed by atoms with Crippen LogP contribution >= 0.6 is 33.5 Å². The molecule has 0 bridgehead atoms. The van der Waals surface area contributed by atoms with Crippen molar-refractivity contribution in [3.05, 3.63) is 12.7 Å². The van der Waals surface area contributed by atoms with Gasteiger partial charge >= 0.3 is 0 Å². The minimum absolute atomic E-state index is 0.143. The molecule has 1 amide bonds. The number of thiol groups is 2. The van der Waals surface area contributed by atoms with E-state index in [1.165, 1.54) is 6.08 Å². The van der Waals surface area contributed by atoms with Crippen molar-refractivity contribution in [2.75, 3.05) is 11.3 Å². The monoisotopic (exact) mass is 197 g/mol. The molecule has 5 heteroatoms. The molecule has 1 unspecified atom stereocenters. The normalized spacial score (nSPS) is 14.0. The van der Waals surface area contributed by atoms with Gasteiger partial charge in [-0.15, -0.1) is 21.8 Å². The maximum absolute atomic E-state index is 10.6. The zero-order chi connectivity index (χ0) is 7.98. The van der Waals surface area contributed by atoms with Gasteiger partial charge in [0.2, 0.25) is 0 Å². The third-order valence-electron chi connectivity index (χ3n) is 0.676. The van der Waals surface area contributed by atoms with Crippen molar-refractivity contribution >= 4 is 39.4 Å². The summed E-state index contributed by atoms with van der Waals surface area (Å²) in [4.78, 5) is 10.6. The molecule has 0 fully saturated rings. The van der Waals surface area contributed by atoms with E-state index in [2.05, 4.69) is 23.0 Å². The van der Waals surface area contributed by atoms with Crippen molar-refractivity contribution in [3.8, 4) is 0 Å². The Morgan fingerprint density at radius 1 is 2.00 bits per heavy atom. The maximum atomic E-state index is 10.6. The molecule has 0 aromatic rings. The van der Waals surface area contributed by atoms with E-state index >= 15 is 0 Å². The van der Waals surface area contributed by atoms with Crippen LogP contribution in [0, 0.1) is 0 Å². The summed E-state index contributed by atoms with van der Waals surface area (Å²) >= 11 is 5.83. The summed E-state index contributed by atoms with van der Waals surface area (Å²) in [6.07, 6.45) is 3.23. The Kier molecular flexibility index (Phi) is 6.16. The zero-order valence-corrected chi connectivity index (χ0v) is 8.31. The molecular weight excluding hydrogens is 186 g/mol. The Morgan fingerprint density at radius 3 is 3.00 bits per heavy atom. The number of rotatable bonds is 4. The van der Waals surface area contributed by atoms with Crippen LogP contribution in [0.1, 0.15) is 0 Å². The highest BCUT2D eigenvalue weighted by Crippen LogP contribution is 2.28. The standard InChI is InChI=1S/C5H11NOS3/c1-3-5(7)6-10(8)4-9-2/h3,8,10H,1,4H2,2H3,(H,6,7). The first-order chi connectivity index (χ1) is 4.70. The third-order valence-corrected chi connectivity index (χ3v) is 4.50. The van der Waals surface area contributed by atoms with Gasteiger partial charge in [0.05, 0.1) is 0 Å². The number of amides is 1. The number of carbonyl (C=O) groups excluding carboxylic acids is 1. The second-order valence-electron chi connectivity index (χ2n) is 1.50. The summed E-state index contributed by atoms with van der Waals surface area (Å²) in [6, 6.07) is 0. The van der Waals surface area contributed by atoms with Gasteiger partial charge in [-0.1, -0.05) is 6.58 Å². The molecule has 0 aliphatic rings. The van der Waals surface area contributed by atoms with Crippen LogP contribution in [-0.4, -0.2) is 17.2 Å². The van der Waals surface area contributed by atoms with Crippen LogP contribution in [0.4, 0.5) is 0 Å². The van der Waals surface area contributed by atoms with Crippen molar-refractivity contribution < 1.29 is 4.79 Å². The van der Waals surface area contributed by atoms with Crippen molar-refractivity contribution in [2.45, 2.75) is 0 Å². The molecule has 0 aliphatic heterocycles. The molecule has 0 aromatic carbocycles. The smallest absolute Gasteiger partial charge is 0.252 e. The highest BCUT2D eigenvalue weighted by Gasteiger charge is 1.97. The summed E-state index contributed by atoms with van der Waals surface area (Å²) in [7, 11) is -0.639. The first-order valence-corrected chi connectivity index (χ1v) is 6.66. The predicted molar refractivity (Wildman–Crippen MR) is 54.7 cm³/mol. The maximum Gasteiger partial charge on any atom is 0.252 e. The van der Waals surface area contributed by atoms with Crippen LogP contribution in [0.5, 0.6) is 0 Å². The minimum atomic E-state index is -0.639. The van der Waals surface area contributed by atoms with Crippen LogP contribution in [0.25, 0.3) is 0 Å². The molecular formula is C5H11NOS3. The van der Waals surface area contributed by atoms with Gasteiger partial charge in [0.1, 0.15) is 0 Å². The van der Waals surface area contributed by atoms with E-state index in [4.69, 9.17) is 0 Å². The summed E-state index contributed by atoms with van der Waals surface area (Å²) < 4.78 is 2.68. The first-order valence-electron chi connectivity index (χ1n) is 2.59. The van der Waals surface area contributed by atoms with E-state index in [0.717, 1.165) is 5.08 Å². The molecule has 0 spiro atoms. The fourth-order valence-corrected chi connectivity index (χ4v) is 3.24. The van der Waals surface area contributed by atoms with E-state index < -0.39 is 10.1 Å². The fraction of sp³-hybridized carbons (Fsp3) is 0.400. The largest absolute Gasteiger partial charge is 0.308 e. The number of hydrogen-bond acceptors (Lipinski definition) is 3. The highest BCUT2D eigenvalue weighted by atomic mass is 33.1. The Hall–Kier alpha value is 0.260. The van der Waals surface area contributed by atoms with Gasteiger partial charge in [-0.2, -0.15) is 11.8 Å². The topological polar surface area (TPSA) is 29.1 Å². The summed E-state index contributed by atoms with van der Waals surface area (Å²) in [6.45, 7) is 3.33. The molecule has 0 aromatic heterocycles. The highest BCUT2D eigenvalue weighted by molar-refractivity contribution is 8.79. The average molecular weight is 197 g/mol. The van der Waals surface area contributed by atoms with Crippen LogP contribution in [0.3, 0.4) is 0 Å². The van der Waals surface area contributed by atoms with Crippen LogP contribution in [0.15, 0.2) is 12.7 Å². The van der Waals surface area contributed by atoms with Gasteiger partial charge in [0, 0.05) is 5.08 Å². The SMILES string of the molecule is C=CC(=O)N[SH](S)CSC. The number of carbonyl (C=O) groups is 1. The minimum Gasteiger partial charge on any atom is -0.308 e. The first kappa shape index (κ1) is 10.3. The summed E-state index contributed by atoms with van der Waals surface area (Å²) in [5.74, 6) is -0.143. The molecule has 0 saturated heterocycles. The summed E-state index contributed by atoms with van der Waals surface area (Å²) in [5.41, 5.74) is 0. The van der Waals surface area contributed by atoms with Crippen molar-refractivity contribution in [3.63, 3.8) is 0 Å². The number of hydrogen-bond donors (Lipinski definition) is 3. The molecule has 0 aliphatic carbocycles. The Labute approximate surface area is 73.1 Å². The molecule has 0 saturated carbocycles. The molecule has 0 heterocycles. The summed E-state index contributed by atoms with van der Waals surface area (Å²) in [5, 5.41) is 0.873. The van der Waals surface area contributed by atoms with E-state index in [0.29, 0.717) is 0 Å². The van der Waals surface area contributed by atoms with E-state index in [1.54, 1.807) is 11.8 Å². The van der Waals surface area contributed by atoms with E-state index in [9.17, 15) is 4.79 Å². The molecule has 1 atom stereocenters. The third kappa shape index (κ3) is 5.08. The Bertz CT molecular complexity index is 128. The predicted octanol–water partition coefficient (Wildman–Crippen LogP) is 1.37. The Balaban J connectivity index is 3.46. The zero-order valence-electron chi connectivity index (χ0n) is 5.70. The number of thioether (sulfide) groups is 1. The van der Waals surface area contributed by atoms with Crippen LogP contribution < -0.4 is 4.72 Å². The molecule has 10 heavy (non-hydrogen) atoms. The van der Waals surface area contributed by atoms with Gasteiger partial charge in [0.15, 0.2) is 0 Å².